The summed E-state index contributed by atoms with van der Waals surface area (Å²) in [6.07, 6.45) is 0.506. The van der Waals surface area contributed by atoms with Crippen molar-refractivity contribution in [2.75, 3.05) is 23.4 Å². The van der Waals surface area contributed by atoms with Gasteiger partial charge in [0.05, 0.1) is 28.5 Å². The van der Waals surface area contributed by atoms with Crippen molar-refractivity contribution >= 4 is 38.4 Å². The molecule has 2 aromatic rings. The summed E-state index contributed by atoms with van der Waals surface area (Å²) < 4.78 is 23.2. The van der Waals surface area contributed by atoms with Crippen LogP contribution in [0.1, 0.15) is 12.8 Å². The number of H-pyrrole nitrogens is 2. The molecular weight excluding hydrogens is 360 g/mol. The number of nitrogens with zero attached hydrogens (tertiary/aromatic N) is 1. The third-order valence-corrected chi connectivity index (χ3v) is 6.71. The molecule has 9 nitrogen and oxygen atoms in total. The summed E-state index contributed by atoms with van der Waals surface area (Å²) in [7, 11) is -3.09. The van der Waals surface area contributed by atoms with Crippen LogP contribution in [0.25, 0.3) is 11.0 Å². The van der Waals surface area contributed by atoms with Crippen molar-refractivity contribution in [1.29, 1.82) is 0 Å². The molecule has 0 spiro atoms. The zero-order valence-electron chi connectivity index (χ0n) is 13.8. The Morgan fingerprint density at radius 3 is 2.69 bits per heavy atom. The second-order valence-electron chi connectivity index (χ2n) is 6.83. The number of carbonyl (C=O) groups excluding carboxylic acids is 2. The quantitative estimate of drug-likeness (QED) is 0.682. The predicted molar refractivity (Wildman–Crippen MR) is 94.4 cm³/mol. The molecule has 1 aromatic heterocycles. The van der Waals surface area contributed by atoms with E-state index in [9.17, 15) is 22.8 Å². The van der Waals surface area contributed by atoms with Crippen molar-refractivity contribution in [2.45, 2.75) is 18.9 Å². The average Bonchev–Trinajstić information content (AvgIpc) is 3.22. The van der Waals surface area contributed by atoms with Crippen LogP contribution >= 0.6 is 0 Å². The molecule has 138 valence electrons. The molecule has 4 rings (SSSR count). The number of fused-ring (bicyclic) bond motifs is 1. The maximum Gasteiger partial charge on any atom is 0.323 e. The number of benzene rings is 1. The molecule has 0 unspecified atom stereocenters. The van der Waals surface area contributed by atoms with Gasteiger partial charge in [-0.25, -0.2) is 13.2 Å². The van der Waals surface area contributed by atoms with Gasteiger partial charge in [0.25, 0.3) is 0 Å². The van der Waals surface area contributed by atoms with Crippen LogP contribution in [0.15, 0.2) is 23.0 Å². The zero-order valence-corrected chi connectivity index (χ0v) is 14.6. The number of hydrogen-bond acceptors (Lipinski definition) is 5. The van der Waals surface area contributed by atoms with E-state index in [4.69, 9.17) is 0 Å². The lowest BCUT2D eigenvalue weighted by Crippen LogP contribution is -2.38. The molecule has 0 radical (unpaired) electrons. The van der Waals surface area contributed by atoms with E-state index in [0.29, 0.717) is 23.1 Å². The molecule has 1 aromatic carbocycles. The summed E-state index contributed by atoms with van der Waals surface area (Å²) in [6.45, 7) is 0.230. The fourth-order valence-corrected chi connectivity index (χ4v) is 5.37. The third kappa shape index (κ3) is 3.12. The fraction of sp³-hybridized carbons (Fsp3) is 0.438. The van der Waals surface area contributed by atoms with Crippen molar-refractivity contribution in [1.82, 2.24) is 14.9 Å². The standard InChI is InChI=1S/C16H18N4O5S/c21-14-5-9(7-20(14)11-3-4-26(24,25)8-11)15(22)17-10-1-2-12-13(6-10)19-16(23)18-12/h1-2,6,9,11H,3-5,7-8H2,(H,17,22)(H2,18,19,23)/t9-,11-/m1/s1. The van der Waals surface area contributed by atoms with Crippen LogP contribution in [0, 0.1) is 5.92 Å². The molecule has 0 bridgehead atoms. The van der Waals surface area contributed by atoms with Gasteiger partial charge in [0.15, 0.2) is 9.84 Å². The van der Waals surface area contributed by atoms with Gasteiger partial charge in [-0.2, -0.15) is 0 Å². The van der Waals surface area contributed by atoms with Gasteiger partial charge in [0, 0.05) is 24.7 Å². The lowest BCUT2D eigenvalue weighted by atomic mass is 10.1. The molecule has 0 saturated carbocycles. The van der Waals surface area contributed by atoms with Crippen LogP contribution < -0.4 is 11.0 Å². The Kier molecular flexibility index (Phi) is 3.87. The van der Waals surface area contributed by atoms with Crippen molar-refractivity contribution in [2.24, 2.45) is 5.92 Å². The molecule has 0 aliphatic carbocycles. The average molecular weight is 378 g/mol. The molecule has 2 saturated heterocycles. The lowest BCUT2D eigenvalue weighted by molar-refractivity contribution is -0.129. The predicted octanol–water partition coefficient (Wildman–Crippen LogP) is -0.170. The Morgan fingerprint density at radius 1 is 1.19 bits per heavy atom. The minimum atomic E-state index is -3.09. The van der Waals surface area contributed by atoms with E-state index < -0.39 is 15.8 Å². The monoisotopic (exact) mass is 378 g/mol. The number of aromatic nitrogens is 2. The van der Waals surface area contributed by atoms with Gasteiger partial charge in [-0.05, 0) is 24.6 Å². The number of likely N-dealkylation sites (tertiary alicyclic amines) is 1. The van der Waals surface area contributed by atoms with Gasteiger partial charge in [0.2, 0.25) is 11.8 Å². The van der Waals surface area contributed by atoms with Gasteiger partial charge in [-0.15, -0.1) is 0 Å². The first-order chi connectivity index (χ1) is 12.3. The highest BCUT2D eigenvalue weighted by Gasteiger charge is 2.41. The summed E-state index contributed by atoms with van der Waals surface area (Å²) in [4.78, 5) is 42.8. The van der Waals surface area contributed by atoms with Gasteiger partial charge < -0.3 is 20.2 Å². The number of rotatable bonds is 3. The van der Waals surface area contributed by atoms with E-state index in [0.717, 1.165) is 0 Å². The summed E-state index contributed by atoms with van der Waals surface area (Å²) in [5.41, 5.74) is 1.41. The number of imidazole rings is 1. The molecule has 3 N–H and O–H groups in total. The van der Waals surface area contributed by atoms with Crippen molar-refractivity contribution in [3.8, 4) is 0 Å². The molecule has 26 heavy (non-hydrogen) atoms. The van der Waals surface area contributed by atoms with Crippen molar-refractivity contribution < 1.29 is 18.0 Å². The molecule has 2 amide bonds. The van der Waals surface area contributed by atoms with E-state index in [1.807, 2.05) is 0 Å². The van der Waals surface area contributed by atoms with E-state index in [1.54, 1.807) is 18.2 Å². The minimum Gasteiger partial charge on any atom is -0.338 e. The molecule has 10 heteroatoms. The van der Waals surface area contributed by atoms with Crippen LogP contribution in [0.4, 0.5) is 5.69 Å². The Morgan fingerprint density at radius 2 is 1.96 bits per heavy atom. The maximum atomic E-state index is 12.5. The van der Waals surface area contributed by atoms with Crippen LogP contribution in [-0.4, -0.2) is 59.2 Å². The molecular formula is C16H18N4O5S. The third-order valence-electron chi connectivity index (χ3n) is 4.96. The van der Waals surface area contributed by atoms with Gasteiger partial charge in [-0.3, -0.25) is 9.59 Å². The Balaban J connectivity index is 1.45. The van der Waals surface area contributed by atoms with Gasteiger partial charge in [-0.1, -0.05) is 0 Å². The second kappa shape index (κ2) is 5.97. The SMILES string of the molecule is O=C(Nc1ccc2[nH]c(=O)[nH]c2c1)[C@@H]1CC(=O)N([C@@H]2CCS(=O)(=O)C2)C1. The maximum absolute atomic E-state index is 12.5. The summed E-state index contributed by atoms with van der Waals surface area (Å²) in [5.74, 6) is -0.930. The highest BCUT2D eigenvalue weighted by molar-refractivity contribution is 7.91. The number of carbonyl (C=O) groups is 2. The molecule has 2 atom stereocenters. The van der Waals surface area contributed by atoms with Crippen molar-refractivity contribution in [3.63, 3.8) is 0 Å². The first-order valence-corrected chi connectivity index (χ1v) is 10.2. The summed E-state index contributed by atoms with van der Waals surface area (Å²) >= 11 is 0. The topological polar surface area (TPSA) is 132 Å². The number of anilines is 1. The smallest absolute Gasteiger partial charge is 0.323 e. The Labute approximate surface area is 148 Å². The summed E-state index contributed by atoms with van der Waals surface area (Å²) in [5, 5.41) is 2.76. The fourth-order valence-electron chi connectivity index (χ4n) is 3.64. The highest BCUT2D eigenvalue weighted by atomic mass is 32.2. The number of sulfone groups is 1. The molecule has 3 heterocycles. The summed E-state index contributed by atoms with van der Waals surface area (Å²) in [6, 6.07) is 4.66. The normalized spacial score (nSPS) is 25.1. The van der Waals surface area contributed by atoms with E-state index >= 15 is 0 Å². The first-order valence-electron chi connectivity index (χ1n) is 8.33. The second-order valence-corrected chi connectivity index (χ2v) is 9.06. The van der Waals surface area contributed by atoms with Gasteiger partial charge in [0.1, 0.15) is 0 Å². The zero-order chi connectivity index (χ0) is 18.5. The van der Waals surface area contributed by atoms with Crippen LogP contribution in [0.2, 0.25) is 0 Å². The minimum absolute atomic E-state index is 0.0232. The number of aromatic amines is 2. The Bertz CT molecular complexity index is 1050. The van der Waals surface area contributed by atoms with E-state index in [-0.39, 0.29) is 48.0 Å². The molecule has 2 aliphatic heterocycles. The molecule has 2 fully saturated rings. The lowest BCUT2D eigenvalue weighted by Gasteiger charge is -2.22. The van der Waals surface area contributed by atoms with E-state index in [1.165, 1.54) is 4.90 Å². The number of hydrogen-bond donors (Lipinski definition) is 3. The largest absolute Gasteiger partial charge is 0.338 e. The number of amides is 2. The van der Waals surface area contributed by atoms with Crippen LogP contribution in [0.3, 0.4) is 0 Å². The van der Waals surface area contributed by atoms with Crippen LogP contribution in [-0.2, 0) is 19.4 Å². The Hall–Kier alpha value is -2.62. The highest BCUT2D eigenvalue weighted by Crippen LogP contribution is 2.27. The number of nitrogens with one attached hydrogen (secondary N) is 3. The molecule has 2 aliphatic rings. The van der Waals surface area contributed by atoms with Gasteiger partial charge >= 0.3 is 5.69 Å². The van der Waals surface area contributed by atoms with E-state index in [2.05, 4.69) is 15.3 Å². The van der Waals surface area contributed by atoms with Crippen LogP contribution in [0.5, 0.6) is 0 Å². The first kappa shape index (κ1) is 16.8. The van der Waals surface area contributed by atoms with Crippen molar-refractivity contribution in [3.05, 3.63) is 28.7 Å².